The van der Waals surface area contributed by atoms with Gasteiger partial charge in [0.1, 0.15) is 11.6 Å². The van der Waals surface area contributed by atoms with Crippen molar-refractivity contribution in [3.8, 4) is 10.6 Å². The van der Waals surface area contributed by atoms with E-state index in [0.29, 0.717) is 5.92 Å². The van der Waals surface area contributed by atoms with Crippen molar-refractivity contribution in [1.82, 2.24) is 15.0 Å². The molecule has 0 amide bonds. The van der Waals surface area contributed by atoms with Crippen molar-refractivity contribution in [3.63, 3.8) is 0 Å². The monoisotopic (exact) mass is 366 g/mol. The second-order valence-corrected chi connectivity index (χ2v) is 7.88. The first-order valence-corrected chi connectivity index (χ1v) is 9.80. The molecule has 0 saturated heterocycles. The molecule has 26 heavy (non-hydrogen) atoms. The van der Waals surface area contributed by atoms with Gasteiger partial charge in [-0.3, -0.25) is 0 Å². The van der Waals surface area contributed by atoms with E-state index in [1.165, 1.54) is 0 Å². The molecule has 3 aromatic rings. The van der Waals surface area contributed by atoms with Gasteiger partial charge in [-0.15, -0.1) is 11.3 Å². The van der Waals surface area contributed by atoms with Crippen LogP contribution in [0.4, 0.5) is 11.6 Å². The zero-order chi connectivity index (χ0) is 17.9. The molecule has 1 aliphatic rings. The Hall–Kier alpha value is -2.31. The van der Waals surface area contributed by atoms with Crippen molar-refractivity contribution >= 4 is 23.0 Å². The Bertz CT molecular complexity index is 887. The molecule has 4 rings (SSSR count). The number of hydrogen-bond donors (Lipinski definition) is 2. The Morgan fingerprint density at radius 3 is 2.73 bits per heavy atom. The SMILES string of the molecule is Cc1ccnc(Nc2cccc(-c3cnc(C4CCC(O)CC4)s3)n2)c1. The van der Waals surface area contributed by atoms with Gasteiger partial charge in [0.15, 0.2) is 0 Å². The van der Waals surface area contributed by atoms with E-state index in [4.69, 9.17) is 4.98 Å². The number of aromatic nitrogens is 3. The number of anilines is 2. The molecule has 0 radical (unpaired) electrons. The number of aliphatic hydroxyl groups is 1. The Morgan fingerprint density at radius 2 is 1.92 bits per heavy atom. The van der Waals surface area contributed by atoms with Crippen molar-refractivity contribution in [3.05, 3.63) is 53.3 Å². The predicted octanol–water partition coefficient (Wildman–Crippen LogP) is 4.67. The lowest BCUT2D eigenvalue weighted by molar-refractivity contribution is 0.122. The number of rotatable bonds is 4. The quantitative estimate of drug-likeness (QED) is 0.702. The Morgan fingerprint density at radius 1 is 1.08 bits per heavy atom. The molecule has 6 heteroatoms. The van der Waals surface area contributed by atoms with E-state index in [1.807, 2.05) is 43.5 Å². The molecule has 1 aliphatic carbocycles. The standard InChI is InChI=1S/C20H22N4OS/c1-13-9-10-21-19(11-13)24-18-4-2-3-16(23-18)17-12-22-20(26-17)14-5-7-15(25)8-6-14/h2-4,9-12,14-15,25H,5-8H2,1H3,(H,21,23,24). The average Bonchev–Trinajstić information content (AvgIpc) is 3.13. The normalized spacial score (nSPS) is 20.1. The zero-order valence-corrected chi connectivity index (χ0v) is 15.5. The third-order valence-electron chi connectivity index (χ3n) is 4.74. The van der Waals surface area contributed by atoms with E-state index in [1.54, 1.807) is 17.5 Å². The van der Waals surface area contributed by atoms with Gasteiger partial charge < -0.3 is 10.4 Å². The van der Waals surface area contributed by atoms with Crippen LogP contribution in [0.25, 0.3) is 10.6 Å². The molecule has 0 unspecified atom stereocenters. The highest BCUT2D eigenvalue weighted by atomic mass is 32.1. The molecule has 3 aromatic heterocycles. The number of hydrogen-bond acceptors (Lipinski definition) is 6. The summed E-state index contributed by atoms with van der Waals surface area (Å²) < 4.78 is 0. The molecule has 0 aromatic carbocycles. The van der Waals surface area contributed by atoms with Gasteiger partial charge in [0.25, 0.3) is 0 Å². The zero-order valence-electron chi connectivity index (χ0n) is 14.7. The minimum atomic E-state index is -0.134. The first kappa shape index (κ1) is 17.1. The van der Waals surface area contributed by atoms with Crippen LogP contribution in [0.15, 0.2) is 42.7 Å². The van der Waals surface area contributed by atoms with E-state index >= 15 is 0 Å². The van der Waals surface area contributed by atoms with Crippen molar-refractivity contribution < 1.29 is 5.11 Å². The molecule has 0 bridgehead atoms. The predicted molar refractivity (Wildman–Crippen MR) is 105 cm³/mol. The third kappa shape index (κ3) is 3.92. The highest BCUT2D eigenvalue weighted by molar-refractivity contribution is 7.15. The van der Waals surface area contributed by atoms with Crippen LogP contribution in [0, 0.1) is 6.92 Å². The van der Waals surface area contributed by atoms with E-state index in [9.17, 15) is 5.11 Å². The summed E-state index contributed by atoms with van der Waals surface area (Å²) in [6.45, 7) is 2.04. The molecule has 5 nitrogen and oxygen atoms in total. The van der Waals surface area contributed by atoms with Crippen LogP contribution in [0.5, 0.6) is 0 Å². The molecule has 2 N–H and O–H groups in total. The number of thiazole rings is 1. The van der Waals surface area contributed by atoms with Crippen LogP contribution in [0.2, 0.25) is 0 Å². The fourth-order valence-corrected chi connectivity index (χ4v) is 4.35. The summed E-state index contributed by atoms with van der Waals surface area (Å²) in [4.78, 5) is 14.8. The van der Waals surface area contributed by atoms with Gasteiger partial charge >= 0.3 is 0 Å². The van der Waals surface area contributed by atoms with Crippen LogP contribution in [0.1, 0.15) is 42.2 Å². The lowest BCUT2D eigenvalue weighted by atomic mass is 9.88. The van der Waals surface area contributed by atoms with Crippen molar-refractivity contribution in [2.24, 2.45) is 0 Å². The number of aryl methyl sites for hydroxylation is 1. The van der Waals surface area contributed by atoms with Gasteiger partial charge in [0.2, 0.25) is 0 Å². The molecule has 0 aliphatic heterocycles. The number of pyridine rings is 2. The molecule has 0 spiro atoms. The second-order valence-electron chi connectivity index (χ2n) is 6.82. The van der Waals surface area contributed by atoms with Crippen molar-refractivity contribution in [1.29, 1.82) is 0 Å². The summed E-state index contributed by atoms with van der Waals surface area (Å²) in [5.74, 6) is 2.03. The molecule has 0 atom stereocenters. The van der Waals surface area contributed by atoms with Crippen LogP contribution in [0.3, 0.4) is 0 Å². The molecule has 1 fully saturated rings. The minimum Gasteiger partial charge on any atom is -0.393 e. The summed E-state index contributed by atoms with van der Waals surface area (Å²) in [5, 5.41) is 14.1. The summed E-state index contributed by atoms with van der Waals surface area (Å²) in [7, 11) is 0. The van der Waals surface area contributed by atoms with Gasteiger partial charge in [-0.1, -0.05) is 6.07 Å². The maximum atomic E-state index is 9.69. The van der Waals surface area contributed by atoms with Gasteiger partial charge in [0, 0.05) is 18.3 Å². The fourth-order valence-electron chi connectivity index (χ4n) is 3.29. The average molecular weight is 366 g/mol. The third-order valence-corrected chi connectivity index (χ3v) is 5.92. The fraction of sp³-hybridized carbons (Fsp3) is 0.350. The lowest BCUT2D eigenvalue weighted by Gasteiger charge is -2.23. The van der Waals surface area contributed by atoms with Gasteiger partial charge in [0.05, 0.1) is 21.7 Å². The molecule has 134 valence electrons. The van der Waals surface area contributed by atoms with Gasteiger partial charge in [-0.05, 0) is 62.4 Å². The topological polar surface area (TPSA) is 70.9 Å². The largest absolute Gasteiger partial charge is 0.393 e. The van der Waals surface area contributed by atoms with Crippen LogP contribution >= 0.6 is 11.3 Å². The minimum absolute atomic E-state index is 0.134. The highest BCUT2D eigenvalue weighted by Gasteiger charge is 2.23. The van der Waals surface area contributed by atoms with E-state index in [0.717, 1.165) is 58.5 Å². The maximum absolute atomic E-state index is 9.69. The first-order chi connectivity index (χ1) is 12.7. The Kier molecular flexibility index (Phi) is 4.95. The maximum Gasteiger partial charge on any atom is 0.132 e. The van der Waals surface area contributed by atoms with E-state index < -0.39 is 0 Å². The van der Waals surface area contributed by atoms with E-state index in [2.05, 4.69) is 15.3 Å². The summed E-state index contributed by atoms with van der Waals surface area (Å²) >= 11 is 1.71. The summed E-state index contributed by atoms with van der Waals surface area (Å²) in [6.07, 6.45) is 7.36. The van der Waals surface area contributed by atoms with Crippen molar-refractivity contribution in [2.45, 2.75) is 44.6 Å². The smallest absolute Gasteiger partial charge is 0.132 e. The Balaban J connectivity index is 1.51. The Labute approximate surface area is 157 Å². The van der Waals surface area contributed by atoms with E-state index in [-0.39, 0.29) is 6.10 Å². The van der Waals surface area contributed by atoms with Gasteiger partial charge in [-0.25, -0.2) is 15.0 Å². The molecular weight excluding hydrogens is 344 g/mol. The second kappa shape index (κ2) is 7.51. The molecule has 3 heterocycles. The van der Waals surface area contributed by atoms with Crippen LogP contribution < -0.4 is 5.32 Å². The van der Waals surface area contributed by atoms with Crippen molar-refractivity contribution in [2.75, 3.05) is 5.32 Å². The summed E-state index contributed by atoms with van der Waals surface area (Å²) in [5.41, 5.74) is 2.07. The number of nitrogens with zero attached hydrogens (tertiary/aromatic N) is 3. The molecule has 1 saturated carbocycles. The first-order valence-electron chi connectivity index (χ1n) is 8.98. The highest BCUT2D eigenvalue weighted by Crippen LogP contribution is 2.37. The lowest BCUT2D eigenvalue weighted by Crippen LogP contribution is -2.16. The summed E-state index contributed by atoms with van der Waals surface area (Å²) in [6, 6.07) is 9.92. The van der Waals surface area contributed by atoms with Crippen LogP contribution in [-0.4, -0.2) is 26.2 Å². The number of aliphatic hydroxyl groups excluding tert-OH is 1. The molecular formula is C20H22N4OS. The van der Waals surface area contributed by atoms with Gasteiger partial charge in [-0.2, -0.15) is 0 Å². The van der Waals surface area contributed by atoms with Crippen LogP contribution in [-0.2, 0) is 0 Å². The number of nitrogens with one attached hydrogen (secondary N) is 1.